The lowest BCUT2D eigenvalue weighted by Gasteiger charge is -2.53. The van der Waals surface area contributed by atoms with Gasteiger partial charge in [-0.3, -0.25) is 29.4 Å². The van der Waals surface area contributed by atoms with E-state index in [1.807, 2.05) is 18.3 Å². The number of imide groups is 1. The quantitative estimate of drug-likeness (QED) is 0.377. The second-order valence-corrected chi connectivity index (χ2v) is 9.93. The highest BCUT2D eigenvalue weighted by Crippen LogP contribution is 2.54. The number of amides is 2. The third-order valence-corrected chi connectivity index (χ3v) is 7.76. The van der Waals surface area contributed by atoms with Crippen LogP contribution >= 0.6 is 0 Å². The van der Waals surface area contributed by atoms with E-state index in [9.17, 15) is 39.6 Å². The number of nitrogens with zero attached hydrogens (tertiary/aromatic N) is 1. The zero-order valence-electron chi connectivity index (χ0n) is 20.7. The summed E-state index contributed by atoms with van der Waals surface area (Å²) in [7, 11) is 3.00. The van der Waals surface area contributed by atoms with Gasteiger partial charge in [-0.2, -0.15) is 0 Å². The molecule has 3 aliphatic rings. The summed E-state index contributed by atoms with van der Waals surface area (Å²) in [6.07, 6.45) is -1.04. The molecule has 6 atom stereocenters. The van der Waals surface area contributed by atoms with Crippen molar-refractivity contribution in [2.45, 2.75) is 50.9 Å². The van der Waals surface area contributed by atoms with Crippen molar-refractivity contribution in [1.29, 1.82) is 0 Å². The molecule has 2 amide bonds. The van der Waals surface area contributed by atoms with Gasteiger partial charge in [0, 0.05) is 24.0 Å². The van der Waals surface area contributed by atoms with Crippen LogP contribution in [0.3, 0.4) is 0 Å². The molecule has 0 saturated carbocycles. The summed E-state index contributed by atoms with van der Waals surface area (Å²) in [6, 6.07) is 4.06. The number of likely N-dealkylation sites (N-methyl/N-ethyl adjacent to an activating group) is 1. The molecule has 5 N–H and O–H groups in total. The minimum atomic E-state index is -2.90. The lowest BCUT2D eigenvalue weighted by Crippen LogP contribution is -2.68. The Balaban J connectivity index is 2.02. The minimum absolute atomic E-state index is 0.291. The largest absolute Gasteiger partial charge is 0.510 e. The molecule has 1 aromatic rings. The molecule has 192 valence electrons. The zero-order chi connectivity index (χ0) is 26.9. The molecule has 0 radical (unpaired) electrons. The van der Waals surface area contributed by atoms with Crippen molar-refractivity contribution >= 4 is 23.4 Å². The zero-order valence-corrected chi connectivity index (χ0v) is 20.7. The number of nitrogens with one attached hydrogen (secondary N) is 1. The van der Waals surface area contributed by atoms with Gasteiger partial charge in [-0.25, -0.2) is 0 Å². The SMILES string of the molecule is CCc1cccc2c1C(=O)C1=C(O)[C@]3(O)C(=O)C(C(=O)NC(C)=O)=C(O)[C@@H](N(C)C)[C@@H]3[C@@H](O)[C@@H]1[C@H]2C. The predicted molar refractivity (Wildman–Crippen MR) is 127 cm³/mol. The van der Waals surface area contributed by atoms with Crippen molar-refractivity contribution in [2.24, 2.45) is 11.8 Å². The summed E-state index contributed by atoms with van der Waals surface area (Å²) in [5, 5.41) is 47.8. The lowest BCUT2D eigenvalue weighted by atomic mass is 9.55. The molecule has 0 bridgehead atoms. The van der Waals surface area contributed by atoms with Gasteiger partial charge < -0.3 is 20.4 Å². The third kappa shape index (κ3) is 3.28. The highest BCUT2D eigenvalue weighted by atomic mass is 16.4. The molecule has 0 fully saturated rings. The number of rotatable bonds is 3. The van der Waals surface area contributed by atoms with E-state index in [1.165, 1.54) is 19.0 Å². The molecule has 10 nitrogen and oxygen atoms in total. The van der Waals surface area contributed by atoms with Gasteiger partial charge in [-0.1, -0.05) is 32.0 Å². The molecule has 4 rings (SSSR count). The highest BCUT2D eigenvalue weighted by molar-refractivity contribution is 6.27. The van der Waals surface area contributed by atoms with Crippen LogP contribution in [0.15, 0.2) is 40.9 Å². The molecular weight excluding hydrogens is 468 g/mol. The number of hydrogen-bond acceptors (Lipinski definition) is 9. The highest BCUT2D eigenvalue weighted by Gasteiger charge is 2.67. The Morgan fingerprint density at radius 1 is 1.17 bits per heavy atom. The Morgan fingerprint density at radius 3 is 2.36 bits per heavy atom. The van der Waals surface area contributed by atoms with Crippen molar-refractivity contribution in [3.63, 3.8) is 0 Å². The molecule has 0 heterocycles. The smallest absolute Gasteiger partial charge is 0.265 e. The molecule has 0 aromatic heterocycles. The van der Waals surface area contributed by atoms with Gasteiger partial charge in [-0.05, 0) is 37.6 Å². The third-order valence-electron chi connectivity index (χ3n) is 7.76. The molecule has 0 aliphatic heterocycles. The van der Waals surface area contributed by atoms with Crippen LogP contribution in [0.1, 0.15) is 48.2 Å². The van der Waals surface area contributed by atoms with E-state index in [4.69, 9.17) is 0 Å². The van der Waals surface area contributed by atoms with E-state index in [2.05, 4.69) is 0 Å². The van der Waals surface area contributed by atoms with E-state index in [-0.39, 0.29) is 5.57 Å². The maximum atomic E-state index is 13.7. The number of ketones is 2. The molecule has 36 heavy (non-hydrogen) atoms. The van der Waals surface area contributed by atoms with Gasteiger partial charge in [0.2, 0.25) is 11.7 Å². The Morgan fingerprint density at radius 2 is 1.81 bits per heavy atom. The Hall–Kier alpha value is -3.34. The first-order chi connectivity index (χ1) is 16.8. The Kier molecular flexibility index (Phi) is 6.19. The van der Waals surface area contributed by atoms with E-state index in [1.54, 1.807) is 19.1 Å². The number of aliphatic hydroxyl groups excluding tert-OH is 3. The Bertz CT molecular complexity index is 1260. The number of benzene rings is 1. The van der Waals surface area contributed by atoms with Crippen molar-refractivity contribution in [3.8, 4) is 0 Å². The number of carbonyl (C=O) groups is 4. The maximum absolute atomic E-state index is 13.7. The normalized spacial score (nSPS) is 31.7. The number of hydrogen-bond donors (Lipinski definition) is 5. The number of Topliss-reactive ketones (excluding diaryl/α,β-unsaturated/α-hetero) is 2. The molecular formula is C26H30N2O8. The predicted octanol–water partition coefficient (Wildman–Crippen LogP) is 0.687. The fourth-order valence-corrected chi connectivity index (χ4v) is 6.17. The standard InChI is InChI=1S/C26H30N2O8/c1-6-12-8-7-9-13-10(2)14-16(20(30)15(12)13)23(33)26(36)18(21(14)31)19(28(4)5)22(32)17(24(26)34)25(35)27-11(3)29/h7-10,14,18-19,21,31-33,36H,6H2,1-5H3,(H,27,29,35)/t10-,14+,18+,19-,21-,26-/m0/s1. The van der Waals surface area contributed by atoms with Gasteiger partial charge in [-0.15, -0.1) is 0 Å². The second-order valence-electron chi connectivity index (χ2n) is 9.93. The van der Waals surface area contributed by atoms with Crippen LogP contribution < -0.4 is 5.32 Å². The van der Waals surface area contributed by atoms with Gasteiger partial charge in [0.05, 0.1) is 18.1 Å². The van der Waals surface area contributed by atoms with Gasteiger partial charge in [0.15, 0.2) is 11.4 Å². The maximum Gasteiger partial charge on any atom is 0.265 e. The second kappa shape index (κ2) is 8.65. The first kappa shape index (κ1) is 25.7. The van der Waals surface area contributed by atoms with Gasteiger partial charge in [0.25, 0.3) is 5.91 Å². The average molecular weight is 499 g/mol. The molecule has 10 heteroatoms. The van der Waals surface area contributed by atoms with E-state index in [0.717, 1.165) is 6.92 Å². The number of aliphatic hydroxyl groups is 4. The molecule has 1 aromatic carbocycles. The minimum Gasteiger partial charge on any atom is -0.510 e. The first-order valence-corrected chi connectivity index (χ1v) is 11.8. The van der Waals surface area contributed by atoms with Crippen molar-refractivity contribution in [2.75, 3.05) is 14.1 Å². The molecule has 0 saturated heterocycles. The van der Waals surface area contributed by atoms with Crippen LogP contribution in [0.2, 0.25) is 0 Å². The summed E-state index contributed by atoms with van der Waals surface area (Å²) in [6.45, 7) is 4.68. The van der Waals surface area contributed by atoms with E-state index < -0.39 is 76.0 Å². The van der Waals surface area contributed by atoms with Gasteiger partial charge >= 0.3 is 0 Å². The number of aryl methyl sites for hydroxylation is 1. The number of carbonyl (C=O) groups excluding carboxylic acids is 4. The van der Waals surface area contributed by atoms with Gasteiger partial charge in [0.1, 0.15) is 17.1 Å². The van der Waals surface area contributed by atoms with Crippen molar-refractivity contribution in [3.05, 3.63) is 57.6 Å². The molecule has 0 spiro atoms. The number of fused-ring (bicyclic) bond motifs is 3. The monoisotopic (exact) mass is 498 g/mol. The Labute approximate surface area is 207 Å². The summed E-state index contributed by atoms with van der Waals surface area (Å²) >= 11 is 0. The summed E-state index contributed by atoms with van der Waals surface area (Å²) in [5.74, 6) is -8.78. The van der Waals surface area contributed by atoms with Crippen molar-refractivity contribution in [1.82, 2.24) is 10.2 Å². The fourth-order valence-electron chi connectivity index (χ4n) is 6.17. The van der Waals surface area contributed by atoms with E-state index in [0.29, 0.717) is 23.1 Å². The fraction of sp³-hybridized carbons (Fsp3) is 0.462. The topological polar surface area (TPSA) is 164 Å². The van der Waals surface area contributed by atoms with Crippen LogP contribution in [0.5, 0.6) is 0 Å². The lowest BCUT2D eigenvalue weighted by molar-refractivity contribution is -0.162. The summed E-state index contributed by atoms with van der Waals surface area (Å²) < 4.78 is 0. The van der Waals surface area contributed by atoms with Crippen LogP contribution in [-0.4, -0.2) is 80.5 Å². The summed E-state index contributed by atoms with van der Waals surface area (Å²) in [4.78, 5) is 52.9. The van der Waals surface area contributed by atoms with Crippen LogP contribution in [0.4, 0.5) is 0 Å². The molecule has 3 aliphatic carbocycles. The summed E-state index contributed by atoms with van der Waals surface area (Å²) in [5.41, 5.74) is -2.38. The van der Waals surface area contributed by atoms with E-state index >= 15 is 0 Å². The molecule has 0 unspecified atom stereocenters. The first-order valence-electron chi connectivity index (χ1n) is 11.8. The van der Waals surface area contributed by atoms with Crippen LogP contribution in [0.25, 0.3) is 0 Å². The van der Waals surface area contributed by atoms with Crippen LogP contribution in [-0.2, 0) is 20.8 Å². The average Bonchev–Trinajstić information content (AvgIpc) is 2.80. The van der Waals surface area contributed by atoms with Crippen LogP contribution in [0, 0.1) is 11.8 Å². The van der Waals surface area contributed by atoms with Crippen molar-refractivity contribution < 1.29 is 39.6 Å².